The Morgan fingerprint density at radius 2 is 1.91 bits per heavy atom. The lowest BCUT2D eigenvalue weighted by Crippen LogP contribution is -2.51. The van der Waals surface area contributed by atoms with Crippen LogP contribution in [0.3, 0.4) is 0 Å². The molecule has 1 aromatic carbocycles. The van der Waals surface area contributed by atoms with E-state index in [4.69, 9.17) is 0 Å². The van der Waals surface area contributed by atoms with E-state index in [9.17, 15) is 13.2 Å². The van der Waals surface area contributed by atoms with Crippen LogP contribution in [0.1, 0.15) is 25.0 Å². The average Bonchev–Trinajstić information content (AvgIpc) is 2.51. The Labute approximate surface area is 131 Å². The molecule has 0 unspecified atom stereocenters. The zero-order valence-electron chi connectivity index (χ0n) is 13.1. The van der Waals surface area contributed by atoms with Gasteiger partial charge in [-0.1, -0.05) is 38.1 Å². The summed E-state index contributed by atoms with van der Waals surface area (Å²) in [5.41, 5.74) is 2.17. The SMILES string of the molecule is COC(=O)[C@@H](NS(=O)(=O)N1CCc2ccccc2C1)C(C)C. The molecule has 1 heterocycles. The monoisotopic (exact) mass is 326 g/mol. The first kappa shape index (κ1) is 16.9. The van der Waals surface area contributed by atoms with Crippen molar-refractivity contribution in [2.45, 2.75) is 32.9 Å². The maximum absolute atomic E-state index is 12.5. The third-order valence-electron chi connectivity index (χ3n) is 3.83. The summed E-state index contributed by atoms with van der Waals surface area (Å²) in [4.78, 5) is 11.7. The summed E-state index contributed by atoms with van der Waals surface area (Å²) in [6.07, 6.45) is 0.668. The van der Waals surface area contributed by atoms with Gasteiger partial charge in [0.25, 0.3) is 10.2 Å². The van der Waals surface area contributed by atoms with Crippen molar-refractivity contribution in [3.05, 3.63) is 35.4 Å². The molecule has 22 heavy (non-hydrogen) atoms. The molecule has 0 saturated carbocycles. The minimum Gasteiger partial charge on any atom is -0.468 e. The number of nitrogens with one attached hydrogen (secondary N) is 1. The second-order valence-electron chi connectivity index (χ2n) is 5.72. The molecule has 122 valence electrons. The fourth-order valence-electron chi connectivity index (χ4n) is 2.49. The summed E-state index contributed by atoms with van der Waals surface area (Å²) >= 11 is 0. The maximum Gasteiger partial charge on any atom is 0.324 e. The Kier molecular flexibility index (Phi) is 5.20. The molecule has 1 atom stereocenters. The van der Waals surface area contributed by atoms with Gasteiger partial charge in [0, 0.05) is 13.1 Å². The summed E-state index contributed by atoms with van der Waals surface area (Å²) in [5, 5.41) is 0. The molecule has 0 radical (unpaired) electrons. The van der Waals surface area contributed by atoms with Crippen molar-refractivity contribution < 1.29 is 17.9 Å². The first-order valence-corrected chi connectivity index (χ1v) is 8.71. The van der Waals surface area contributed by atoms with Crippen molar-refractivity contribution in [1.82, 2.24) is 9.03 Å². The molecule has 0 saturated heterocycles. The lowest BCUT2D eigenvalue weighted by atomic mass is 10.0. The van der Waals surface area contributed by atoms with E-state index in [-0.39, 0.29) is 5.92 Å². The summed E-state index contributed by atoms with van der Waals surface area (Å²) in [7, 11) is -2.49. The molecule has 0 spiro atoms. The number of nitrogens with zero attached hydrogens (tertiary/aromatic N) is 1. The minimum absolute atomic E-state index is 0.195. The number of carbonyl (C=O) groups excluding carboxylic acids is 1. The molecule has 1 aromatic rings. The number of carbonyl (C=O) groups is 1. The van der Waals surface area contributed by atoms with Gasteiger partial charge in [-0.15, -0.1) is 0 Å². The molecule has 1 N–H and O–H groups in total. The van der Waals surface area contributed by atoms with Crippen LogP contribution in [0.2, 0.25) is 0 Å². The number of fused-ring (bicyclic) bond motifs is 1. The van der Waals surface area contributed by atoms with Crippen LogP contribution in [0.5, 0.6) is 0 Å². The van der Waals surface area contributed by atoms with E-state index >= 15 is 0 Å². The van der Waals surface area contributed by atoms with E-state index < -0.39 is 22.2 Å². The molecule has 1 aliphatic heterocycles. The Morgan fingerprint density at radius 3 is 2.50 bits per heavy atom. The van der Waals surface area contributed by atoms with Crippen LogP contribution in [-0.2, 0) is 32.7 Å². The number of hydrogen-bond acceptors (Lipinski definition) is 4. The fraction of sp³-hybridized carbons (Fsp3) is 0.533. The summed E-state index contributed by atoms with van der Waals surface area (Å²) in [5.74, 6) is -0.768. The average molecular weight is 326 g/mol. The van der Waals surface area contributed by atoms with Crippen molar-refractivity contribution >= 4 is 16.2 Å². The molecule has 7 heteroatoms. The van der Waals surface area contributed by atoms with Crippen molar-refractivity contribution in [2.75, 3.05) is 13.7 Å². The van der Waals surface area contributed by atoms with E-state index in [1.54, 1.807) is 13.8 Å². The van der Waals surface area contributed by atoms with E-state index in [0.29, 0.717) is 19.5 Å². The van der Waals surface area contributed by atoms with Crippen LogP contribution in [0, 0.1) is 5.92 Å². The highest BCUT2D eigenvalue weighted by molar-refractivity contribution is 7.87. The molecular formula is C15H22N2O4S. The first-order valence-electron chi connectivity index (χ1n) is 7.27. The highest BCUT2D eigenvalue weighted by Crippen LogP contribution is 2.21. The predicted octanol–water partition coefficient (Wildman–Crippen LogP) is 1.08. The quantitative estimate of drug-likeness (QED) is 0.822. The number of hydrogen-bond donors (Lipinski definition) is 1. The van der Waals surface area contributed by atoms with E-state index in [0.717, 1.165) is 5.56 Å². The van der Waals surface area contributed by atoms with E-state index in [2.05, 4.69) is 9.46 Å². The van der Waals surface area contributed by atoms with Crippen molar-refractivity contribution in [2.24, 2.45) is 5.92 Å². The van der Waals surface area contributed by atoms with Gasteiger partial charge in [-0.3, -0.25) is 4.79 Å². The molecule has 0 fully saturated rings. The number of rotatable bonds is 5. The normalized spacial score (nSPS) is 17.1. The topological polar surface area (TPSA) is 75.7 Å². The molecule has 2 rings (SSSR count). The molecule has 1 aliphatic rings. The van der Waals surface area contributed by atoms with Gasteiger partial charge in [-0.25, -0.2) is 0 Å². The molecule has 6 nitrogen and oxygen atoms in total. The van der Waals surface area contributed by atoms with E-state index in [1.165, 1.54) is 17.0 Å². The fourth-order valence-corrected chi connectivity index (χ4v) is 3.97. The number of benzene rings is 1. The largest absolute Gasteiger partial charge is 0.468 e. The van der Waals surface area contributed by atoms with Crippen molar-refractivity contribution in [3.63, 3.8) is 0 Å². The van der Waals surface area contributed by atoms with Crippen LogP contribution in [0.25, 0.3) is 0 Å². The van der Waals surface area contributed by atoms with E-state index in [1.807, 2.05) is 24.3 Å². The molecule has 0 amide bonds. The van der Waals surface area contributed by atoms with Crippen LogP contribution in [0.4, 0.5) is 0 Å². The summed E-state index contributed by atoms with van der Waals surface area (Å²) in [6.45, 7) is 4.26. The van der Waals surface area contributed by atoms with Gasteiger partial charge >= 0.3 is 5.97 Å². The second-order valence-corrected chi connectivity index (χ2v) is 7.42. The van der Waals surface area contributed by atoms with Crippen LogP contribution < -0.4 is 4.72 Å². The number of esters is 1. The van der Waals surface area contributed by atoms with Crippen LogP contribution in [-0.4, -0.2) is 38.4 Å². The van der Waals surface area contributed by atoms with Gasteiger partial charge in [-0.05, 0) is 23.5 Å². The third kappa shape index (κ3) is 3.66. The highest BCUT2D eigenvalue weighted by Gasteiger charge is 2.33. The molecule has 0 aliphatic carbocycles. The lowest BCUT2D eigenvalue weighted by molar-refractivity contribution is -0.143. The minimum atomic E-state index is -3.74. The zero-order valence-corrected chi connectivity index (χ0v) is 13.9. The highest BCUT2D eigenvalue weighted by atomic mass is 32.2. The molecule has 0 bridgehead atoms. The van der Waals surface area contributed by atoms with Crippen molar-refractivity contribution in [1.29, 1.82) is 0 Å². The second kappa shape index (κ2) is 6.76. The van der Waals surface area contributed by atoms with Crippen LogP contribution >= 0.6 is 0 Å². The zero-order chi connectivity index (χ0) is 16.3. The van der Waals surface area contributed by atoms with Crippen molar-refractivity contribution in [3.8, 4) is 0 Å². The van der Waals surface area contributed by atoms with Crippen LogP contribution in [0.15, 0.2) is 24.3 Å². The lowest BCUT2D eigenvalue weighted by Gasteiger charge is -2.30. The molecular weight excluding hydrogens is 304 g/mol. The standard InChI is InChI=1S/C15H22N2O4S/c1-11(2)14(15(18)21-3)16-22(19,20)17-9-8-12-6-4-5-7-13(12)10-17/h4-7,11,14,16H,8-10H2,1-3H3/t14-/m0/s1. The summed E-state index contributed by atoms with van der Waals surface area (Å²) in [6, 6.07) is 6.91. The number of methoxy groups -OCH3 is 1. The first-order chi connectivity index (χ1) is 10.3. The van der Waals surface area contributed by atoms with Gasteiger partial charge in [0.1, 0.15) is 6.04 Å². The Morgan fingerprint density at radius 1 is 1.27 bits per heavy atom. The van der Waals surface area contributed by atoms with Gasteiger partial charge in [0.15, 0.2) is 0 Å². The maximum atomic E-state index is 12.5. The third-order valence-corrected chi connectivity index (χ3v) is 5.38. The van der Waals surface area contributed by atoms with Gasteiger partial charge in [0.05, 0.1) is 7.11 Å². The Bertz CT molecular complexity index is 643. The molecule has 0 aromatic heterocycles. The smallest absolute Gasteiger partial charge is 0.324 e. The number of ether oxygens (including phenoxy) is 1. The van der Waals surface area contributed by atoms with Gasteiger partial charge in [-0.2, -0.15) is 17.4 Å². The van der Waals surface area contributed by atoms with Gasteiger partial charge in [0.2, 0.25) is 0 Å². The Balaban J connectivity index is 2.16. The van der Waals surface area contributed by atoms with Gasteiger partial charge < -0.3 is 4.74 Å². The summed E-state index contributed by atoms with van der Waals surface area (Å²) < 4.78 is 33.6. The Hall–Kier alpha value is -1.44. The predicted molar refractivity (Wildman–Crippen MR) is 83.3 cm³/mol.